The molecule has 0 fully saturated rings. The van der Waals surface area contributed by atoms with E-state index in [9.17, 15) is 0 Å². The molecule has 2 aromatic carbocycles. The van der Waals surface area contributed by atoms with Gasteiger partial charge >= 0.3 is 0 Å². The number of ether oxygens (including phenoxy) is 2. The molecule has 2 heteroatoms. The number of benzene rings is 2. The standard InChI is InChI=1S/C19H24O2/c1-19(2,3)17-9-11-18(12-10-17)21-14-13-20-15-16-7-5-4-6-8-16/h4-12H,13-15H2,1-3H3. The van der Waals surface area contributed by atoms with Gasteiger partial charge in [-0.05, 0) is 28.7 Å². The molecule has 0 bridgehead atoms. The summed E-state index contributed by atoms with van der Waals surface area (Å²) in [6.07, 6.45) is 0. The van der Waals surface area contributed by atoms with Gasteiger partial charge in [0, 0.05) is 0 Å². The van der Waals surface area contributed by atoms with Gasteiger partial charge in [0.25, 0.3) is 0 Å². The monoisotopic (exact) mass is 284 g/mol. The minimum absolute atomic E-state index is 0.178. The Kier molecular flexibility index (Phi) is 5.40. The third-order valence-electron chi connectivity index (χ3n) is 3.33. The molecule has 0 radical (unpaired) electrons. The van der Waals surface area contributed by atoms with Gasteiger partial charge in [-0.3, -0.25) is 0 Å². The fraction of sp³-hybridized carbons (Fsp3) is 0.368. The van der Waals surface area contributed by atoms with Gasteiger partial charge in [0.05, 0.1) is 13.2 Å². The zero-order chi connectivity index (χ0) is 15.1. The number of rotatable bonds is 6. The molecular weight excluding hydrogens is 260 g/mol. The average Bonchev–Trinajstić information content (AvgIpc) is 2.47. The summed E-state index contributed by atoms with van der Waals surface area (Å²) >= 11 is 0. The van der Waals surface area contributed by atoms with Crippen LogP contribution in [-0.2, 0) is 16.8 Å². The van der Waals surface area contributed by atoms with E-state index in [1.807, 2.05) is 30.3 Å². The highest BCUT2D eigenvalue weighted by Crippen LogP contribution is 2.24. The molecule has 0 aliphatic carbocycles. The van der Waals surface area contributed by atoms with E-state index in [0.717, 1.165) is 5.75 Å². The SMILES string of the molecule is CC(C)(C)c1ccc(OCCOCc2ccccc2)cc1. The Balaban J connectivity index is 1.69. The lowest BCUT2D eigenvalue weighted by atomic mass is 9.87. The Morgan fingerprint density at radius 3 is 2.10 bits per heavy atom. The molecule has 0 heterocycles. The molecule has 112 valence electrons. The third kappa shape index (κ3) is 5.24. The Morgan fingerprint density at radius 1 is 0.810 bits per heavy atom. The first-order valence-electron chi connectivity index (χ1n) is 7.41. The van der Waals surface area contributed by atoms with Crippen LogP contribution < -0.4 is 4.74 Å². The predicted molar refractivity (Wildman–Crippen MR) is 86.7 cm³/mol. The maximum absolute atomic E-state index is 5.69. The maximum atomic E-state index is 5.69. The molecule has 2 nitrogen and oxygen atoms in total. The molecule has 2 aromatic rings. The van der Waals surface area contributed by atoms with Gasteiger partial charge < -0.3 is 9.47 Å². The fourth-order valence-corrected chi connectivity index (χ4v) is 2.03. The van der Waals surface area contributed by atoms with Crippen LogP contribution in [0.5, 0.6) is 5.75 Å². The van der Waals surface area contributed by atoms with Crippen molar-refractivity contribution in [3.05, 3.63) is 65.7 Å². The smallest absolute Gasteiger partial charge is 0.119 e. The van der Waals surface area contributed by atoms with E-state index in [1.165, 1.54) is 11.1 Å². The van der Waals surface area contributed by atoms with Gasteiger partial charge in [-0.25, -0.2) is 0 Å². The zero-order valence-corrected chi connectivity index (χ0v) is 13.1. The molecule has 0 aliphatic heterocycles. The fourth-order valence-electron chi connectivity index (χ4n) is 2.03. The van der Waals surface area contributed by atoms with Crippen LogP contribution in [0.15, 0.2) is 54.6 Å². The van der Waals surface area contributed by atoms with E-state index in [1.54, 1.807) is 0 Å². The van der Waals surface area contributed by atoms with E-state index in [0.29, 0.717) is 19.8 Å². The average molecular weight is 284 g/mol. The molecule has 0 N–H and O–H groups in total. The van der Waals surface area contributed by atoms with Crippen molar-refractivity contribution < 1.29 is 9.47 Å². The minimum atomic E-state index is 0.178. The molecule has 0 saturated heterocycles. The Bertz CT molecular complexity index is 524. The van der Waals surface area contributed by atoms with Crippen molar-refractivity contribution in [2.45, 2.75) is 32.8 Å². The summed E-state index contributed by atoms with van der Waals surface area (Å²) in [5, 5.41) is 0. The maximum Gasteiger partial charge on any atom is 0.119 e. The Labute approximate surface area is 127 Å². The quantitative estimate of drug-likeness (QED) is 0.723. The highest BCUT2D eigenvalue weighted by atomic mass is 16.5. The second kappa shape index (κ2) is 7.28. The molecule has 0 aromatic heterocycles. The van der Waals surface area contributed by atoms with E-state index in [-0.39, 0.29) is 5.41 Å². The molecule has 0 saturated carbocycles. The van der Waals surface area contributed by atoms with Crippen molar-refractivity contribution in [1.82, 2.24) is 0 Å². The van der Waals surface area contributed by atoms with E-state index in [2.05, 4.69) is 45.0 Å². The van der Waals surface area contributed by atoms with Crippen LogP contribution in [-0.4, -0.2) is 13.2 Å². The lowest BCUT2D eigenvalue weighted by molar-refractivity contribution is 0.0889. The molecule has 0 unspecified atom stereocenters. The van der Waals surface area contributed by atoms with E-state index >= 15 is 0 Å². The van der Waals surface area contributed by atoms with Crippen molar-refractivity contribution >= 4 is 0 Å². The minimum Gasteiger partial charge on any atom is -0.491 e. The molecule has 2 rings (SSSR count). The van der Waals surface area contributed by atoms with Crippen LogP contribution in [0.1, 0.15) is 31.9 Å². The number of hydrogen-bond donors (Lipinski definition) is 0. The summed E-state index contributed by atoms with van der Waals surface area (Å²) in [5.41, 5.74) is 2.68. The second-order valence-electron chi connectivity index (χ2n) is 6.16. The summed E-state index contributed by atoms with van der Waals surface area (Å²) in [5.74, 6) is 0.895. The Morgan fingerprint density at radius 2 is 1.48 bits per heavy atom. The van der Waals surface area contributed by atoms with Gasteiger partial charge in [0.2, 0.25) is 0 Å². The highest BCUT2D eigenvalue weighted by molar-refractivity contribution is 5.31. The van der Waals surface area contributed by atoms with Crippen molar-refractivity contribution in [3.8, 4) is 5.75 Å². The van der Waals surface area contributed by atoms with Crippen LogP contribution in [0, 0.1) is 0 Å². The summed E-state index contributed by atoms with van der Waals surface area (Å²) in [7, 11) is 0. The van der Waals surface area contributed by atoms with Gasteiger partial charge in [0.1, 0.15) is 12.4 Å². The zero-order valence-electron chi connectivity index (χ0n) is 13.1. The van der Waals surface area contributed by atoms with Crippen LogP contribution in [0.25, 0.3) is 0 Å². The van der Waals surface area contributed by atoms with Gasteiger partial charge in [0.15, 0.2) is 0 Å². The van der Waals surface area contributed by atoms with Crippen LogP contribution in [0.2, 0.25) is 0 Å². The lowest BCUT2D eigenvalue weighted by Gasteiger charge is -2.19. The molecule has 0 amide bonds. The largest absolute Gasteiger partial charge is 0.491 e. The molecular formula is C19H24O2. The van der Waals surface area contributed by atoms with Crippen LogP contribution >= 0.6 is 0 Å². The van der Waals surface area contributed by atoms with E-state index < -0.39 is 0 Å². The first-order valence-corrected chi connectivity index (χ1v) is 7.41. The highest BCUT2D eigenvalue weighted by Gasteiger charge is 2.12. The van der Waals surface area contributed by atoms with Crippen molar-refractivity contribution in [1.29, 1.82) is 0 Å². The third-order valence-corrected chi connectivity index (χ3v) is 3.33. The van der Waals surface area contributed by atoms with E-state index in [4.69, 9.17) is 9.47 Å². The van der Waals surface area contributed by atoms with Gasteiger partial charge in [-0.2, -0.15) is 0 Å². The Hall–Kier alpha value is -1.80. The van der Waals surface area contributed by atoms with Crippen LogP contribution in [0.4, 0.5) is 0 Å². The second-order valence-corrected chi connectivity index (χ2v) is 6.16. The molecule has 0 spiro atoms. The number of hydrogen-bond acceptors (Lipinski definition) is 2. The molecule has 0 atom stereocenters. The summed E-state index contributed by atoms with van der Waals surface area (Å²) in [4.78, 5) is 0. The van der Waals surface area contributed by atoms with Crippen molar-refractivity contribution in [3.63, 3.8) is 0 Å². The van der Waals surface area contributed by atoms with Crippen LogP contribution in [0.3, 0.4) is 0 Å². The summed E-state index contributed by atoms with van der Waals surface area (Å²) in [6.45, 7) is 8.42. The first-order chi connectivity index (χ1) is 10.1. The lowest BCUT2D eigenvalue weighted by Crippen LogP contribution is -2.11. The van der Waals surface area contributed by atoms with Gasteiger partial charge in [-0.15, -0.1) is 0 Å². The van der Waals surface area contributed by atoms with Gasteiger partial charge in [-0.1, -0.05) is 63.2 Å². The summed E-state index contributed by atoms with van der Waals surface area (Å²) < 4.78 is 11.3. The predicted octanol–water partition coefficient (Wildman–Crippen LogP) is 4.58. The van der Waals surface area contributed by atoms with Crippen molar-refractivity contribution in [2.75, 3.05) is 13.2 Å². The molecule has 0 aliphatic rings. The normalized spacial score (nSPS) is 11.4. The summed E-state index contributed by atoms with van der Waals surface area (Å²) in [6, 6.07) is 18.5. The van der Waals surface area contributed by atoms with Crippen molar-refractivity contribution in [2.24, 2.45) is 0 Å². The topological polar surface area (TPSA) is 18.5 Å². The molecule has 21 heavy (non-hydrogen) atoms. The first kappa shape index (κ1) is 15.6.